The highest BCUT2D eigenvalue weighted by molar-refractivity contribution is 5.43. The minimum absolute atomic E-state index is 0.0819. The summed E-state index contributed by atoms with van der Waals surface area (Å²) >= 11 is 0. The Labute approximate surface area is 199 Å². The summed E-state index contributed by atoms with van der Waals surface area (Å²) < 4.78 is 32.7. The Morgan fingerprint density at radius 3 is 2.71 bits per heavy atom. The summed E-state index contributed by atoms with van der Waals surface area (Å²) in [4.78, 5) is 2.32. The van der Waals surface area contributed by atoms with Crippen molar-refractivity contribution >= 4 is 0 Å². The van der Waals surface area contributed by atoms with Crippen molar-refractivity contribution in [2.75, 3.05) is 33.4 Å². The molecule has 3 aromatic rings. The lowest BCUT2D eigenvalue weighted by molar-refractivity contribution is -0.0177. The maximum Gasteiger partial charge on any atom is 0.165 e. The molecular formula is C26H32FN3O4. The van der Waals surface area contributed by atoms with Crippen LogP contribution in [0.3, 0.4) is 0 Å². The number of ether oxygens (including phenoxy) is 3. The lowest BCUT2D eigenvalue weighted by Gasteiger charge is -2.27. The fraction of sp³-hybridized carbons (Fsp3) is 0.423. The molecule has 1 N–H and O–H groups in total. The van der Waals surface area contributed by atoms with E-state index in [4.69, 9.17) is 14.2 Å². The van der Waals surface area contributed by atoms with Crippen molar-refractivity contribution in [3.63, 3.8) is 0 Å². The molecule has 4 rings (SSSR count). The van der Waals surface area contributed by atoms with Gasteiger partial charge in [0, 0.05) is 25.5 Å². The van der Waals surface area contributed by atoms with E-state index < -0.39 is 11.4 Å². The van der Waals surface area contributed by atoms with Crippen LogP contribution in [0.5, 0.6) is 17.2 Å². The summed E-state index contributed by atoms with van der Waals surface area (Å²) in [6.45, 7) is 3.55. The molecule has 2 aromatic carbocycles. The van der Waals surface area contributed by atoms with Crippen LogP contribution < -0.4 is 14.2 Å². The number of rotatable bonds is 10. The van der Waals surface area contributed by atoms with E-state index in [1.54, 1.807) is 31.5 Å². The molecule has 0 aliphatic carbocycles. The van der Waals surface area contributed by atoms with Crippen molar-refractivity contribution in [3.05, 3.63) is 72.3 Å². The second kappa shape index (κ2) is 11.4. The van der Waals surface area contributed by atoms with E-state index >= 15 is 0 Å². The number of aliphatic hydroxyl groups is 1. The number of halogens is 1. The molecule has 0 unspecified atom stereocenters. The predicted molar refractivity (Wildman–Crippen MR) is 127 cm³/mol. The average Bonchev–Trinajstić information content (AvgIpc) is 3.29. The summed E-state index contributed by atoms with van der Waals surface area (Å²) in [5, 5.41) is 15.2. The summed E-state index contributed by atoms with van der Waals surface area (Å²) in [6, 6.07) is 14.2. The SMILES string of the molecule is COc1ccc(CN2CCC[C@](O)(COc3ccccc3F)CC2)cc1OCCn1cccn1. The lowest BCUT2D eigenvalue weighted by Crippen LogP contribution is -2.37. The van der Waals surface area contributed by atoms with E-state index in [0.29, 0.717) is 37.5 Å². The Hall–Kier alpha value is -3.10. The van der Waals surface area contributed by atoms with Crippen LogP contribution in [0.15, 0.2) is 60.9 Å². The van der Waals surface area contributed by atoms with Gasteiger partial charge in [-0.1, -0.05) is 18.2 Å². The fourth-order valence-electron chi connectivity index (χ4n) is 4.18. The molecule has 7 nitrogen and oxygen atoms in total. The van der Waals surface area contributed by atoms with Crippen LogP contribution in [0.1, 0.15) is 24.8 Å². The van der Waals surface area contributed by atoms with Gasteiger partial charge in [0.1, 0.15) is 13.2 Å². The van der Waals surface area contributed by atoms with Gasteiger partial charge in [0.25, 0.3) is 0 Å². The van der Waals surface area contributed by atoms with E-state index in [2.05, 4.69) is 10.00 Å². The first-order valence-corrected chi connectivity index (χ1v) is 11.6. The Morgan fingerprint density at radius 1 is 1.03 bits per heavy atom. The lowest BCUT2D eigenvalue weighted by atomic mass is 9.96. The highest BCUT2D eigenvalue weighted by Gasteiger charge is 2.31. The van der Waals surface area contributed by atoms with Crippen molar-refractivity contribution in [1.29, 1.82) is 0 Å². The standard InChI is InChI=1S/C26H32FN3O4/c1-32-24-9-8-21(18-25(24)33-17-16-30-14-5-12-28-30)19-29-13-4-10-26(31,11-15-29)20-34-23-7-3-2-6-22(23)27/h2-3,5-9,12,14,18,31H,4,10-11,13,15-17,19-20H2,1H3/t26-/m1/s1. The van der Waals surface area contributed by atoms with Crippen LogP contribution in [0, 0.1) is 5.82 Å². The molecule has 0 radical (unpaired) electrons. The summed E-state index contributed by atoms with van der Waals surface area (Å²) in [6.07, 6.45) is 5.65. The molecule has 1 aliphatic heterocycles. The Bertz CT molecular complexity index is 1050. The highest BCUT2D eigenvalue weighted by atomic mass is 19.1. The molecule has 34 heavy (non-hydrogen) atoms. The van der Waals surface area contributed by atoms with Crippen molar-refractivity contribution in [2.24, 2.45) is 0 Å². The van der Waals surface area contributed by atoms with Gasteiger partial charge in [-0.25, -0.2) is 4.39 Å². The van der Waals surface area contributed by atoms with Gasteiger partial charge >= 0.3 is 0 Å². The van der Waals surface area contributed by atoms with E-state index in [0.717, 1.165) is 31.6 Å². The highest BCUT2D eigenvalue weighted by Crippen LogP contribution is 2.30. The molecule has 1 atom stereocenters. The molecule has 1 aliphatic rings. The van der Waals surface area contributed by atoms with E-state index in [1.165, 1.54) is 6.07 Å². The van der Waals surface area contributed by atoms with Crippen LogP contribution in [0.4, 0.5) is 4.39 Å². The summed E-state index contributed by atoms with van der Waals surface area (Å²) in [5.74, 6) is 1.16. The third kappa shape index (κ3) is 6.48. The number of hydrogen-bond donors (Lipinski definition) is 1. The minimum Gasteiger partial charge on any atom is -0.493 e. The first-order valence-electron chi connectivity index (χ1n) is 11.6. The van der Waals surface area contributed by atoms with Crippen LogP contribution in [0.25, 0.3) is 0 Å². The van der Waals surface area contributed by atoms with E-state index in [-0.39, 0.29) is 12.4 Å². The topological polar surface area (TPSA) is 69.0 Å². The summed E-state index contributed by atoms with van der Waals surface area (Å²) in [7, 11) is 1.63. The van der Waals surface area contributed by atoms with E-state index in [1.807, 2.05) is 35.1 Å². The first kappa shape index (κ1) is 24.0. The molecule has 1 fully saturated rings. The predicted octanol–water partition coefficient (Wildman–Crippen LogP) is 3.91. The van der Waals surface area contributed by atoms with Crippen molar-refractivity contribution in [1.82, 2.24) is 14.7 Å². The van der Waals surface area contributed by atoms with Crippen LogP contribution in [-0.4, -0.2) is 58.8 Å². The van der Waals surface area contributed by atoms with Gasteiger partial charge in [0.05, 0.1) is 19.3 Å². The molecule has 1 saturated heterocycles. The molecular weight excluding hydrogens is 437 g/mol. The molecule has 1 aromatic heterocycles. The monoisotopic (exact) mass is 469 g/mol. The van der Waals surface area contributed by atoms with Gasteiger partial charge in [-0.2, -0.15) is 5.10 Å². The van der Waals surface area contributed by atoms with Gasteiger partial charge < -0.3 is 19.3 Å². The van der Waals surface area contributed by atoms with Gasteiger partial charge in [0.15, 0.2) is 23.1 Å². The second-order valence-electron chi connectivity index (χ2n) is 8.68. The number of methoxy groups -OCH3 is 1. The van der Waals surface area contributed by atoms with Gasteiger partial charge in [-0.05, 0) is 61.7 Å². The minimum atomic E-state index is -0.974. The molecule has 0 saturated carbocycles. The fourth-order valence-corrected chi connectivity index (χ4v) is 4.18. The van der Waals surface area contributed by atoms with Crippen LogP contribution in [0.2, 0.25) is 0 Å². The second-order valence-corrected chi connectivity index (χ2v) is 8.68. The molecule has 0 bridgehead atoms. The number of likely N-dealkylation sites (tertiary alicyclic amines) is 1. The zero-order chi connectivity index (χ0) is 23.8. The zero-order valence-corrected chi connectivity index (χ0v) is 19.5. The van der Waals surface area contributed by atoms with Crippen LogP contribution >= 0.6 is 0 Å². The smallest absolute Gasteiger partial charge is 0.165 e. The average molecular weight is 470 g/mol. The molecule has 8 heteroatoms. The molecule has 2 heterocycles. The van der Waals surface area contributed by atoms with Gasteiger partial charge in [-0.3, -0.25) is 9.58 Å². The Balaban J connectivity index is 1.32. The van der Waals surface area contributed by atoms with Gasteiger partial charge in [-0.15, -0.1) is 0 Å². The maximum atomic E-state index is 13.9. The zero-order valence-electron chi connectivity index (χ0n) is 19.5. The third-order valence-corrected chi connectivity index (χ3v) is 6.11. The normalized spacial score (nSPS) is 18.9. The van der Waals surface area contributed by atoms with Gasteiger partial charge in [0.2, 0.25) is 0 Å². The molecule has 182 valence electrons. The third-order valence-electron chi connectivity index (χ3n) is 6.11. The first-order chi connectivity index (χ1) is 16.5. The van der Waals surface area contributed by atoms with Crippen LogP contribution in [-0.2, 0) is 13.1 Å². The molecule has 0 amide bonds. The van der Waals surface area contributed by atoms with Crippen molar-refractivity contribution in [3.8, 4) is 17.2 Å². The number of hydrogen-bond acceptors (Lipinski definition) is 6. The number of benzene rings is 2. The molecule has 0 spiro atoms. The van der Waals surface area contributed by atoms with E-state index in [9.17, 15) is 9.50 Å². The number of nitrogens with zero attached hydrogens (tertiary/aromatic N) is 3. The largest absolute Gasteiger partial charge is 0.493 e. The Morgan fingerprint density at radius 2 is 1.91 bits per heavy atom. The van der Waals surface area contributed by atoms with Crippen molar-refractivity contribution < 1.29 is 23.7 Å². The maximum absolute atomic E-state index is 13.9. The van der Waals surface area contributed by atoms with Crippen molar-refractivity contribution in [2.45, 2.75) is 38.0 Å². The summed E-state index contributed by atoms with van der Waals surface area (Å²) in [5.41, 5.74) is 0.139. The number of aromatic nitrogens is 2. The Kier molecular flexibility index (Phi) is 8.03. The number of para-hydroxylation sites is 1. The quantitative estimate of drug-likeness (QED) is 0.486.